The van der Waals surface area contributed by atoms with Gasteiger partial charge in [0.25, 0.3) is 0 Å². The average molecular weight is 524 g/mol. The number of hydrogen-bond acceptors (Lipinski definition) is 6. The van der Waals surface area contributed by atoms with Gasteiger partial charge in [-0.2, -0.15) is 0 Å². The summed E-state index contributed by atoms with van der Waals surface area (Å²) in [5, 5.41) is 5.44. The van der Waals surface area contributed by atoms with Crippen LogP contribution in [0, 0.1) is 0 Å². The summed E-state index contributed by atoms with van der Waals surface area (Å²) < 4.78 is 17.5. The minimum atomic E-state index is -0.307. The van der Waals surface area contributed by atoms with Crippen molar-refractivity contribution >= 4 is 46.4 Å². The van der Waals surface area contributed by atoms with Crippen LogP contribution in [-0.4, -0.2) is 24.3 Å². The smallest absolute Gasteiger partial charge is 0.174 e. The van der Waals surface area contributed by atoms with Crippen LogP contribution in [0.2, 0.25) is 5.02 Å². The first kappa shape index (κ1) is 23.5. The number of thiocarbonyl (C=S) groups is 1. The van der Waals surface area contributed by atoms with Gasteiger partial charge in [-0.3, -0.25) is 4.98 Å². The van der Waals surface area contributed by atoms with E-state index in [0.29, 0.717) is 21.6 Å². The van der Waals surface area contributed by atoms with Crippen molar-refractivity contribution in [3.8, 4) is 11.5 Å². The van der Waals surface area contributed by atoms with Crippen molar-refractivity contribution in [3.63, 3.8) is 0 Å². The van der Waals surface area contributed by atoms with E-state index in [9.17, 15) is 0 Å². The summed E-state index contributed by atoms with van der Waals surface area (Å²) in [6.07, 6.45) is 1.77. The summed E-state index contributed by atoms with van der Waals surface area (Å²) in [6.45, 7) is 0. The molecule has 0 saturated carbocycles. The fraction of sp³-hybridized carbons (Fsp3) is 0.154. The maximum absolute atomic E-state index is 6.37. The summed E-state index contributed by atoms with van der Waals surface area (Å²) in [5.41, 5.74) is 1.63. The number of hydrogen-bond donors (Lipinski definition) is 1. The fourth-order valence-corrected chi connectivity index (χ4v) is 5.30. The van der Waals surface area contributed by atoms with Crippen molar-refractivity contribution in [1.82, 2.24) is 10.3 Å². The van der Waals surface area contributed by atoms with E-state index >= 15 is 0 Å². The van der Waals surface area contributed by atoms with Crippen LogP contribution in [0.4, 0.5) is 5.69 Å². The van der Waals surface area contributed by atoms with Gasteiger partial charge in [-0.05, 0) is 72.9 Å². The molecular weight excluding hydrogens is 502 g/mol. The topological polar surface area (TPSA) is 59.8 Å². The third-order valence-corrected chi connectivity index (χ3v) is 7.16. The van der Waals surface area contributed by atoms with E-state index in [-0.39, 0.29) is 12.1 Å². The Hall–Kier alpha value is -3.20. The number of anilines is 1. The van der Waals surface area contributed by atoms with Crippen LogP contribution < -0.4 is 19.7 Å². The molecule has 1 fully saturated rings. The molecule has 178 valence electrons. The zero-order valence-electron chi connectivity index (χ0n) is 19.0. The molecule has 0 bridgehead atoms. The quantitative estimate of drug-likeness (QED) is 0.269. The summed E-state index contributed by atoms with van der Waals surface area (Å²) in [4.78, 5) is 7.63. The van der Waals surface area contributed by atoms with Gasteiger partial charge in [-0.1, -0.05) is 29.4 Å². The molecule has 1 aliphatic heterocycles. The highest BCUT2D eigenvalue weighted by molar-refractivity contribution is 7.99. The number of nitrogens with zero attached hydrogens (tertiary/aromatic N) is 2. The van der Waals surface area contributed by atoms with Crippen molar-refractivity contribution in [2.45, 2.75) is 22.1 Å². The Kier molecular flexibility index (Phi) is 6.86. The Morgan fingerprint density at radius 1 is 1.03 bits per heavy atom. The number of pyridine rings is 1. The van der Waals surface area contributed by atoms with Crippen LogP contribution in [0.3, 0.4) is 0 Å². The van der Waals surface area contributed by atoms with E-state index in [4.69, 9.17) is 37.7 Å². The zero-order valence-corrected chi connectivity index (χ0v) is 21.4. The Bertz CT molecular complexity index is 1330. The predicted octanol–water partition coefficient (Wildman–Crippen LogP) is 6.67. The standard InChI is InChI=1S/C26H22ClN3O3S2/c1-31-17-8-11-21(32-2)20(15-17)30-25(24(29-26(30)34)19-5-3-4-14-28-19)22-12-13-23(33-22)35-18-9-6-16(27)7-10-18/h3-15,24-25H,1-2H3,(H,29,34)/t24-,25+/m1/s1. The number of rotatable bonds is 7. The predicted molar refractivity (Wildman–Crippen MR) is 142 cm³/mol. The first-order valence-electron chi connectivity index (χ1n) is 10.8. The molecule has 0 aliphatic carbocycles. The van der Waals surface area contributed by atoms with E-state index in [2.05, 4.69) is 10.3 Å². The number of nitrogens with one attached hydrogen (secondary N) is 1. The molecule has 9 heteroatoms. The molecule has 6 nitrogen and oxygen atoms in total. The van der Waals surface area contributed by atoms with Gasteiger partial charge in [0.1, 0.15) is 23.3 Å². The molecule has 1 aliphatic rings. The minimum absolute atomic E-state index is 0.237. The Morgan fingerprint density at radius 2 is 1.86 bits per heavy atom. The first-order valence-corrected chi connectivity index (χ1v) is 12.4. The van der Waals surface area contributed by atoms with E-state index in [1.807, 2.05) is 77.7 Å². The Balaban J connectivity index is 1.57. The highest BCUT2D eigenvalue weighted by Gasteiger charge is 2.43. The van der Waals surface area contributed by atoms with Crippen molar-refractivity contribution in [3.05, 3.63) is 95.5 Å². The largest absolute Gasteiger partial charge is 0.497 e. The van der Waals surface area contributed by atoms with Gasteiger partial charge in [0.15, 0.2) is 10.2 Å². The fourth-order valence-electron chi connectivity index (χ4n) is 4.06. The molecule has 0 unspecified atom stereocenters. The number of ether oxygens (including phenoxy) is 2. The lowest BCUT2D eigenvalue weighted by molar-refractivity contribution is 0.379. The summed E-state index contributed by atoms with van der Waals surface area (Å²) in [7, 11) is 3.27. The number of aromatic nitrogens is 1. The highest BCUT2D eigenvalue weighted by Crippen LogP contribution is 2.46. The second kappa shape index (κ2) is 10.2. The molecule has 35 heavy (non-hydrogen) atoms. The van der Waals surface area contributed by atoms with Gasteiger partial charge >= 0.3 is 0 Å². The molecule has 2 aromatic carbocycles. The second-order valence-electron chi connectivity index (χ2n) is 7.75. The normalized spacial score (nSPS) is 17.3. The van der Waals surface area contributed by atoms with Gasteiger partial charge in [-0.25, -0.2) is 0 Å². The molecule has 1 saturated heterocycles. The van der Waals surface area contributed by atoms with Gasteiger partial charge in [-0.15, -0.1) is 0 Å². The summed E-state index contributed by atoms with van der Waals surface area (Å²) in [5.74, 6) is 2.11. The van der Waals surface area contributed by atoms with E-state index in [1.54, 1.807) is 20.4 Å². The molecule has 0 radical (unpaired) electrons. The van der Waals surface area contributed by atoms with Crippen molar-refractivity contribution < 1.29 is 13.9 Å². The molecular formula is C26H22ClN3O3S2. The highest BCUT2D eigenvalue weighted by atomic mass is 35.5. The summed E-state index contributed by atoms with van der Waals surface area (Å²) in [6, 6.07) is 22.5. The maximum atomic E-state index is 6.37. The minimum Gasteiger partial charge on any atom is -0.497 e. The number of halogens is 1. The van der Waals surface area contributed by atoms with Crippen LogP contribution in [0.1, 0.15) is 23.5 Å². The van der Waals surface area contributed by atoms with Crippen LogP contribution in [0.5, 0.6) is 11.5 Å². The molecule has 0 spiro atoms. The van der Waals surface area contributed by atoms with E-state index in [1.165, 1.54) is 11.8 Å². The average Bonchev–Trinajstić information content (AvgIpc) is 3.49. The van der Waals surface area contributed by atoms with Crippen LogP contribution in [0.15, 0.2) is 93.4 Å². The molecule has 4 aromatic rings. The summed E-state index contributed by atoms with van der Waals surface area (Å²) >= 11 is 13.4. The Labute approximate surface area is 218 Å². The lowest BCUT2D eigenvalue weighted by atomic mass is 10.0. The molecule has 0 amide bonds. The number of methoxy groups -OCH3 is 2. The number of benzene rings is 2. The van der Waals surface area contributed by atoms with Crippen molar-refractivity contribution in [1.29, 1.82) is 0 Å². The van der Waals surface area contributed by atoms with Gasteiger partial charge < -0.3 is 24.1 Å². The molecule has 3 heterocycles. The van der Waals surface area contributed by atoms with Crippen LogP contribution in [-0.2, 0) is 0 Å². The Morgan fingerprint density at radius 3 is 2.57 bits per heavy atom. The second-order valence-corrected chi connectivity index (χ2v) is 9.65. The monoisotopic (exact) mass is 523 g/mol. The molecule has 2 atom stereocenters. The first-order chi connectivity index (χ1) is 17.1. The molecule has 5 rings (SSSR count). The van der Waals surface area contributed by atoms with Gasteiger partial charge in [0.2, 0.25) is 0 Å². The zero-order chi connectivity index (χ0) is 24.4. The molecule has 1 N–H and O–H groups in total. The molecule has 2 aromatic heterocycles. The lowest BCUT2D eigenvalue weighted by Crippen LogP contribution is -2.29. The van der Waals surface area contributed by atoms with E-state index in [0.717, 1.165) is 27.1 Å². The third-order valence-electron chi connectivity index (χ3n) is 5.67. The van der Waals surface area contributed by atoms with Crippen LogP contribution in [0.25, 0.3) is 0 Å². The number of furan rings is 1. The SMILES string of the molecule is COc1ccc(OC)c(N2C(=S)N[C@H](c3ccccn3)[C@@H]2c2ccc(Sc3ccc(Cl)cc3)o2)c1. The van der Waals surface area contributed by atoms with Crippen LogP contribution >= 0.6 is 35.6 Å². The lowest BCUT2D eigenvalue weighted by Gasteiger charge is -2.27. The van der Waals surface area contributed by atoms with Gasteiger partial charge in [0, 0.05) is 22.2 Å². The van der Waals surface area contributed by atoms with E-state index < -0.39 is 0 Å². The van der Waals surface area contributed by atoms with Crippen molar-refractivity contribution in [2.75, 3.05) is 19.1 Å². The van der Waals surface area contributed by atoms with Crippen molar-refractivity contribution in [2.24, 2.45) is 0 Å². The third kappa shape index (κ3) is 4.82. The van der Waals surface area contributed by atoms with Gasteiger partial charge in [0.05, 0.1) is 31.6 Å². The maximum Gasteiger partial charge on any atom is 0.174 e.